The van der Waals surface area contributed by atoms with Crippen LogP contribution in [0, 0.1) is 0 Å². The molecule has 0 atom stereocenters. The first-order valence-corrected chi connectivity index (χ1v) is 7.46. The van der Waals surface area contributed by atoms with E-state index in [1.54, 1.807) is 7.11 Å². The van der Waals surface area contributed by atoms with E-state index in [9.17, 15) is 0 Å². The largest absolute Gasteiger partial charge is 0.419 e. The van der Waals surface area contributed by atoms with E-state index in [1.165, 1.54) is 0 Å². The Bertz CT molecular complexity index is 594. The van der Waals surface area contributed by atoms with Crippen molar-refractivity contribution in [2.75, 3.05) is 20.2 Å². The molecule has 5 nitrogen and oxygen atoms in total. The van der Waals surface area contributed by atoms with Gasteiger partial charge in [-0.2, -0.15) is 0 Å². The van der Waals surface area contributed by atoms with Crippen LogP contribution in [-0.4, -0.2) is 41.4 Å². The molecule has 0 saturated carbocycles. The number of hydrogen-bond donors (Lipinski definition) is 0. The second-order valence-corrected chi connectivity index (χ2v) is 5.60. The van der Waals surface area contributed by atoms with Gasteiger partial charge in [-0.3, -0.25) is 4.90 Å². The van der Waals surface area contributed by atoms with Crippen molar-refractivity contribution in [3.63, 3.8) is 0 Å². The Balaban J connectivity index is 1.65. The highest BCUT2D eigenvalue weighted by Gasteiger charge is 2.20. The van der Waals surface area contributed by atoms with Crippen molar-refractivity contribution in [3.05, 3.63) is 35.2 Å². The average molecular weight is 308 g/mol. The van der Waals surface area contributed by atoms with E-state index in [-0.39, 0.29) is 0 Å². The van der Waals surface area contributed by atoms with Gasteiger partial charge in [0, 0.05) is 20.2 Å². The number of aromatic nitrogens is 2. The minimum atomic E-state index is 0.377. The molecule has 0 N–H and O–H groups in total. The molecule has 3 rings (SSSR count). The number of benzene rings is 1. The summed E-state index contributed by atoms with van der Waals surface area (Å²) in [5, 5.41) is 8.83. The molecule has 0 spiro atoms. The van der Waals surface area contributed by atoms with Gasteiger partial charge in [-0.15, -0.1) is 10.2 Å². The molecule has 1 aliphatic rings. The highest BCUT2D eigenvalue weighted by atomic mass is 35.5. The zero-order valence-electron chi connectivity index (χ0n) is 12.0. The standard InChI is InChI=1S/C15H18ClN3O2/c1-20-11-6-8-19(9-7-11)10-14-17-18-15(21-14)12-4-2-3-5-13(12)16/h2-5,11H,6-10H2,1H3. The fraction of sp³-hybridized carbons (Fsp3) is 0.467. The van der Waals surface area contributed by atoms with E-state index < -0.39 is 0 Å². The van der Waals surface area contributed by atoms with Gasteiger partial charge in [0.1, 0.15) is 0 Å². The molecule has 1 fully saturated rings. The summed E-state index contributed by atoms with van der Waals surface area (Å²) in [7, 11) is 1.77. The minimum Gasteiger partial charge on any atom is -0.419 e. The lowest BCUT2D eigenvalue weighted by Gasteiger charge is -2.29. The monoisotopic (exact) mass is 307 g/mol. The van der Waals surface area contributed by atoms with Crippen LogP contribution in [0.5, 0.6) is 0 Å². The van der Waals surface area contributed by atoms with Crippen molar-refractivity contribution < 1.29 is 9.15 Å². The summed E-state index contributed by atoms with van der Waals surface area (Å²) >= 11 is 6.14. The fourth-order valence-corrected chi connectivity index (χ4v) is 2.77. The highest BCUT2D eigenvalue weighted by Crippen LogP contribution is 2.26. The zero-order valence-corrected chi connectivity index (χ0v) is 12.7. The first-order valence-electron chi connectivity index (χ1n) is 7.08. The van der Waals surface area contributed by atoms with Crippen LogP contribution in [0.2, 0.25) is 5.02 Å². The maximum Gasteiger partial charge on any atom is 0.249 e. The lowest BCUT2D eigenvalue weighted by Crippen LogP contribution is -2.36. The molecule has 0 unspecified atom stereocenters. The summed E-state index contributed by atoms with van der Waals surface area (Å²) in [4.78, 5) is 2.30. The molecule has 2 aromatic rings. The van der Waals surface area contributed by atoms with Gasteiger partial charge in [0.2, 0.25) is 11.8 Å². The van der Waals surface area contributed by atoms with E-state index in [1.807, 2.05) is 24.3 Å². The molecule has 21 heavy (non-hydrogen) atoms. The predicted octanol–water partition coefficient (Wildman–Crippen LogP) is 3.00. The Kier molecular flexibility index (Phi) is 4.53. The van der Waals surface area contributed by atoms with Crippen LogP contribution in [0.15, 0.2) is 28.7 Å². The van der Waals surface area contributed by atoms with E-state index in [4.69, 9.17) is 20.8 Å². The molecule has 112 valence electrons. The summed E-state index contributed by atoms with van der Waals surface area (Å²) in [6, 6.07) is 7.48. The smallest absolute Gasteiger partial charge is 0.249 e. The molecule has 2 heterocycles. The summed E-state index contributed by atoms with van der Waals surface area (Å²) in [5.74, 6) is 1.10. The van der Waals surface area contributed by atoms with Crippen molar-refractivity contribution in [1.29, 1.82) is 0 Å². The van der Waals surface area contributed by atoms with Gasteiger partial charge < -0.3 is 9.15 Å². The quantitative estimate of drug-likeness (QED) is 0.869. The molecule has 6 heteroatoms. The Morgan fingerprint density at radius 1 is 1.29 bits per heavy atom. The number of hydrogen-bond acceptors (Lipinski definition) is 5. The van der Waals surface area contributed by atoms with Crippen LogP contribution in [0.4, 0.5) is 0 Å². The SMILES string of the molecule is COC1CCN(Cc2nnc(-c3ccccc3Cl)o2)CC1. The first kappa shape index (κ1) is 14.5. The number of methoxy groups -OCH3 is 1. The molecule has 1 aromatic heterocycles. The number of halogens is 1. The van der Waals surface area contributed by atoms with Crippen LogP contribution >= 0.6 is 11.6 Å². The third-order valence-electron chi connectivity index (χ3n) is 3.80. The van der Waals surface area contributed by atoms with Crippen molar-refractivity contribution in [2.45, 2.75) is 25.5 Å². The predicted molar refractivity (Wildman–Crippen MR) is 80.1 cm³/mol. The molecular weight excluding hydrogens is 290 g/mol. The Morgan fingerprint density at radius 3 is 2.76 bits per heavy atom. The van der Waals surface area contributed by atoms with Crippen LogP contribution in [-0.2, 0) is 11.3 Å². The maximum absolute atomic E-state index is 6.14. The molecule has 1 aliphatic heterocycles. The molecule has 0 amide bonds. The number of ether oxygens (including phenoxy) is 1. The minimum absolute atomic E-state index is 0.377. The van der Waals surface area contributed by atoms with Crippen molar-refractivity contribution in [2.24, 2.45) is 0 Å². The summed E-state index contributed by atoms with van der Waals surface area (Å²) < 4.78 is 11.1. The molecule has 1 aromatic carbocycles. The lowest BCUT2D eigenvalue weighted by atomic mass is 10.1. The number of piperidine rings is 1. The third-order valence-corrected chi connectivity index (χ3v) is 4.13. The van der Waals surface area contributed by atoms with Crippen molar-refractivity contribution in [3.8, 4) is 11.5 Å². The number of nitrogens with zero attached hydrogens (tertiary/aromatic N) is 3. The van der Waals surface area contributed by atoms with Crippen LogP contribution in [0.3, 0.4) is 0 Å². The third kappa shape index (κ3) is 3.43. The Hall–Kier alpha value is -1.43. The first-order chi connectivity index (χ1) is 10.3. The second kappa shape index (κ2) is 6.56. The number of likely N-dealkylation sites (tertiary alicyclic amines) is 1. The summed E-state index contributed by atoms with van der Waals surface area (Å²) in [5.41, 5.74) is 0.774. The molecule has 0 aliphatic carbocycles. The Labute approximate surface area is 128 Å². The van der Waals surface area contributed by atoms with Crippen molar-refractivity contribution in [1.82, 2.24) is 15.1 Å². The van der Waals surface area contributed by atoms with E-state index >= 15 is 0 Å². The van der Waals surface area contributed by atoms with Crippen LogP contribution in [0.1, 0.15) is 18.7 Å². The van der Waals surface area contributed by atoms with Gasteiger partial charge in [-0.25, -0.2) is 0 Å². The molecule has 0 radical (unpaired) electrons. The highest BCUT2D eigenvalue weighted by molar-refractivity contribution is 6.33. The van der Waals surface area contributed by atoms with Gasteiger partial charge in [0.15, 0.2) is 0 Å². The zero-order chi connectivity index (χ0) is 14.7. The van der Waals surface area contributed by atoms with Gasteiger partial charge in [0.25, 0.3) is 0 Å². The van der Waals surface area contributed by atoms with Crippen LogP contribution in [0.25, 0.3) is 11.5 Å². The van der Waals surface area contributed by atoms with Gasteiger partial charge in [-0.1, -0.05) is 23.7 Å². The fourth-order valence-electron chi connectivity index (χ4n) is 2.56. The molecule has 0 bridgehead atoms. The second-order valence-electron chi connectivity index (χ2n) is 5.19. The summed E-state index contributed by atoms with van der Waals surface area (Å²) in [6.45, 7) is 2.65. The van der Waals surface area contributed by atoms with Gasteiger partial charge in [-0.05, 0) is 25.0 Å². The average Bonchev–Trinajstić information content (AvgIpc) is 2.97. The van der Waals surface area contributed by atoms with Crippen molar-refractivity contribution >= 4 is 11.6 Å². The molecule has 1 saturated heterocycles. The lowest BCUT2D eigenvalue weighted by molar-refractivity contribution is 0.0365. The molecular formula is C15H18ClN3O2. The number of rotatable bonds is 4. The van der Waals surface area contributed by atoms with E-state index in [2.05, 4.69) is 15.1 Å². The maximum atomic E-state index is 6.14. The topological polar surface area (TPSA) is 51.4 Å². The normalized spacial score (nSPS) is 17.2. The Morgan fingerprint density at radius 2 is 2.05 bits per heavy atom. The van der Waals surface area contributed by atoms with Gasteiger partial charge >= 0.3 is 0 Å². The van der Waals surface area contributed by atoms with E-state index in [0.717, 1.165) is 31.5 Å². The van der Waals surface area contributed by atoms with Gasteiger partial charge in [0.05, 0.1) is 23.2 Å². The summed E-state index contributed by atoms with van der Waals surface area (Å²) in [6.07, 6.45) is 2.46. The van der Waals surface area contributed by atoms with E-state index in [0.29, 0.717) is 29.5 Å². The van der Waals surface area contributed by atoms with Crippen LogP contribution < -0.4 is 0 Å².